The molecule has 0 unspecified atom stereocenters. The van der Waals surface area contributed by atoms with Gasteiger partial charge in [-0.2, -0.15) is 0 Å². The van der Waals surface area contributed by atoms with Crippen LogP contribution in [-0.2, 0) is 28.5 Å². The summed E-state index contributed by atoms with van der Waals surface area (Å²) in [5.74, 6) is -0.667. The molecule has 0 saturated heterocycles. The lowest BCUT2D eigenvalue weighted by molar-refractivity contribution is -0.137. The van der Waals surface area contributed by atoms with Gasteiger partial charge in [0.25, 0.3) is 0 Å². The van der Waals surface area contributed by atoms with Crippen molar-refractivity contribution in [3.05, 3.63) is 0 Å². The van der Waals surface area contributed by atoms with Gasteiger partial charge >= 0.3 is 5.97 Å². The molecule has 0 atom stereocenters. The summed E-state index contributed by atoms with van der Waals surface area (Å²) in [4.78, 5) is 20.6. The lowest BCUT2D eigenvalue weighted by Gasteiger charge is -2.07. The van der Waals surface area contributed by atoms with Crippen LogP contribution in [0.3, 0.4) is 0 Å². The summed E-state index contributed by atoms with van der Waals surface area (Å²) in [6, 6.07) is 0. The van der Waals surface area contributed by atoms with Crippen molar-refractivity contribution in [3.63, 3.8) is 0 Å². The summed E-state index contributed by atoms with van der Waals surface area (Å²) >= 11 is 0. The van der Waals surface area contributed by atoms with Crippen molar-refractivity contribution in [1.29, 1.82) is 0 Å². The minimum Gasteiger partial charge on any atom is -0.481 e. The highest BCUT2D eigenvalue weighted by molar-refractivity contribution is 5.66. The molecule has 0 rings (SSSR count). The third-order valence-electron chi connectivity index (χ3n) is 6.16. The zero-order valence-electron chi connectivity index (χ0n) is 23.1. The summed E-state index contributed by atoms with van der Waals surface area (Å²) in [5.41, 5.74) is 0. The lowest BCUT2D eigenvalue weighted by atomic mass is 10.0. The van der Waals surface area contributed by atoms with E-state index in [0.717, 1.165) is 38.6 Å². The maximum atomic E-state index is 10.4. The zero-order valence-corrected chi connectivity index (χ0v) is 23.1. The smallest absolute Gasteiger partial charge is 0.303 e. The maximum Gasteiger partial charge on any atom is 0.303 e. The van der Waals surface area contributed by atoms with Gasteiger partial charge in [-0.25, -0.2) is 0 Å². The van der Waals surface area contributed by atoms with E-state index in [0.29, 0.717) is 59.1 Å². The van der Waals surface area contributed by atoms with Gasteiger partial charge in [0.1, 0.15) is 6.29 Å². The summed E-state index contributed by atoms with van der Waals surface area (Å²) in [7, 11) is 0. The Bertz CT molecular complexity index is 445. The third-order valence-corrected chi connectivity index (χ3v) is 6.16. The topological polar surface area (TPSA) is 91.3 Å². The molecule has 0 bridgehead atoms. The van der Waals surface area contributed by atoms with Crippen LogP contribution < -0.4 is 0 Å². The molecule has 36 heavy (non-hydrogen) atoms. The number of ether oxygens (including phenoxy) is 4. The van der Waals surface area contributed by atoms with Crippen molar-refractivity contribution in [3.8, 4) is 0 Å². The Morgan fingerprint density at radius 3 is 1.11 bits per heavy atom. The Hall–Kier alpha value is -1.02. The Morgan fingerprint density at radius 2 is 0.750 bits per heavy atom. The van der Waals surface area contributed by atoms with E-state index in [-0.39, 0.29) is 0 Å². The molecule has 214 valence electrons. The molecule has 0 radical (unpaired) electrons. The maximum absolute atomic E-state index is 10.4. The highest BCUT2D eigenvalue weighted by atomic mass is 16.6. The number of carbonyl (C=O) groups excluding carboxylic acids is 1. The van der Waals surface area contributed by atoms with E-state index >= 15 is 0 Å². The van der Waals surface area contributed by atoms with Crippen LogP contribution >= 0.6 is 0 Å². The number of aldehydes is 1. The second-order valence-electron chi connectivity index (χ2n) is 9.56. The average molecular weight is 517 g/mol. The second kappa shape index (κ2) is 32.0. The van der Waals surface area contributed by atoms with E-state index in [2.05, 4.69) is 0 Å². The Morgan fingerprint density at radius 1 is 0.444 bits per heavy atom. The van der Waals surface area contributed by atoms with E-state index in [1.165, 1.54) is 83.5 Å². The van der Waals surface area contributed by atoms with E-state index < -0.39 is 5.97 Å². The molecule has 0 aliphatic heterocycles. The van der Waals surface area contributed by atoms with Crippen molar-refractivity contribution < 1.29 is 33.6 Å². The summed E-state index contributed by atoms with van der Waals surface area (Å²) < 4.78 is 21.9. The number of hydrogen-bond acceptors (Lipinski definition) is 6. The standard InChI is InChI=1S/C29H56O7/c30-20-16-18-22-34-24-26-36-28-27-35-25-23-33-21-17-14-12-10-8-6-4-2-1-3-5-7-9-11-13-15-19-29(31)32/h20H,1-19,21-28H2,(H,31,32). The first-order valence-electron chi connectivity index (χ1n) is 14.7. The number of carboxylic acid groups (broad SMARTS) is 1. The molecule has 7 nitrogen and oxygen atoms in total. The van der Waals surface area contributed by atoms with Crippen LogP contribution in [0.2, 0.25) is 0 Å². The molecule has 0 aliphatic rings. The van der Waals surface area contributed by atoms with Gasteiger partial charge in [0.15, 0.2) is 0 Å². The molecule has 0 spiro atoms. The molecule has 0 aliphatic carbocycles. The Kier molecular flexibility index (Phi) is 31.1. The molecule has 0 aromatic carbocycles. The molecular formula is C29H56O7. The van der Waals surface area contributed by atoms with Crippen LogP contribution in [0.15, 0.2) is 0 Å². The number of aliphatic carboxylic acids is 1. The molecule has 0 heterocycles. The first kappa shape index (κ1) is 35.0. The minimum atomic E-state index is -0.667. The fourth-order valence-corrected chi connectivity index (χ4v) is 3.99. The number of carbonyl (C=O) groups is 2. The number of unbranched alkanes of at least 4 members (excludes halogenated alkanes) is 16. The Balaban J connectivity index is 3.02. The molecule has 1 N–H and O–H groups in total. The molecular weight excluding hydrogens is 460 g/mol. The number of hydrogen-bond donors (Lipinski definition) is 1. The largest absolute Gasteiger partial charge is 0.481 e. The molecule has 0 aromatic heterocycles. The van der Waals surface area contributed by atoms with E-state index in [1.807, 2.05) is 0 Å². The first-order valence-corrected chi connectivity index (χ1v) is 14.7. The predicted molar refractivity (Wildman–Crippen MR) is 145 cm³/mol. The van der Waals surface area contributed by atoms with Gasteiger partial charge in [-0.3, -0.25) is 4.79 Å². The minimum absolute atomic E-state index is 0.326. The van der Waals surface area contributed by atoms with Crippen molar-refractivity contribution >= 4 is 12.3 Å². The van der Waals surface area contributed by atoms with Crippen LogP contribution in [0.1, 0.15) is 122 Å². The number of rotatable bonds is 32. The van der Waals surface area contributed by atoms with Gasteiger partial charge in [0.2, 0.25) is 0 Å². The molecule has 0 amide bonds. The van der Waals surface area contributed by atoms with Crippen molar-refractivity contribution in [2.75, 3.05) is 52.9 Å². The van der Waals surface area contributed by atoms with E-state index in [1.54, 1.807) is 0 Å². The predicted octanol–water partition coefficient (Wildman–Crippen LogP) is 6.75. The van der Waals surface area contributed by atoms with Gasteiger partial charge in [-0.15, -0.1) is 0 Å². The SMILES string of the molecule is O=CCCCOCCOCCOCCOCCCCCCCCCCCCCCCCCCC(=O)O. The summed E-state index contributed by atoms with van der Waals surface area (Å²) in [6.45, 7) is 4.95. The highest BCUT2D eigenvalue weighted by Gasteiger charge is 1.98. The molecule has 0 aromatic rings. The monoisotopic (exact) mass is 516 g/mol. The van der Waals surface area contributed by atoms with Crippen LogP contribution in [0.25, 0.3) is 0 Å². The second-order valence-corrected chi connectivity index (χ2v) is 9.56. The molecule has 7 heteroatoms. The molecule has 0 saturated carbocycles. The van der Waals surface area contributed by atoms with Crippen molar-refractivity contribution in [1.82, 2.24) is 0 Å². The normalized spacial score (nSPS) is 11.2. The Labute approximate surface area is 221 Å². The van der Waals surface area contributed by atoms with Gasteiger partial charge in [-0.05, 0) is 19.3 Å². The quantitative estimate of drug-likeness (QED) is 0.0781. The summed E-state index contributed by atoms with van der Waals surface area (Å²) in [5, 5.41) is 8.60. The van der Waals surface area contributed by atoms with Crippen molar-refractivity contribution in [2.45, 2.75) is 122 Å². The lowest BCUT2D eigenvalue weighted by Crippen LogP contribution is -2.12. The van der Waals surface area contributed by atoms with Crippen LogP contribution in [0.5, 0.6) is 0 Å². The average Bonchev–Trinajstić information content (AvgIpc) is 2.87. The third kappa shape index (κ3) is 33.0. The van der Waals surface area contributed by atoms with E-state index in [4.69, 9.17) is 24.1 Å². The van der Waals surface area contributed by atoms with E-state index in [9.17, 15) is 9.59 Å². The van der Waals surface area contributed by atoms with Crippen LogP contribution in [-0.4, -0.2) is 70.2 Å². The van der Waals surface area contributed by atoms with Gasteiger partial charge in [0.05, 0.1) is 39.6 Å². The van der Waals surface area contributed by atoms with Gasteiger partial charge < -0.3 is 28.8 Å². The fourth-order valence-electron chi connectivity index (χ4n) is 3.99. The fraction of sp³-hybridized carbons (Fsp3) is 0.931. The van der Waals surface area contributed by atoms with Crippen LogP contribution in [0.4, 0.5) is 0 Å². The molecule has 0 fully saturated rings. The summed E-state index contributed by atoms with van der Waals surface area (Å²) in [6.07, 6.45) is 22.8. The van der Waals surface area contributed by atoms with Crippen molar-refractivity contribution in [2.24, 2.45) is 0 Å². The van der Waals surface area contributed by atoms with Gasteiger partial charge in [0, 0.05) is 26.1 Å². The van der Waals surface area contributed by atoms with Gasteiger partial charge in [-0.1, -0.05) is 89.9 Å². The zero-order chi connectivity index (χ0) is 26.2. The van der Waals surface area contributed by atoms with Crippen LogP contribution in [0, 0.1) is 0 Å². The number of carboxylic acids is 1. The highest BCUT2D eigenvalue weighted by Crippen LogP contribution is 2.14. The first-order chi connectivity index (χ1) is 17.8.